The van der Waals surface area contributed by atoms with Gasteiger partial charge < -0.3 is 0 Å². The van der Waals surface area contributed by atoms with Crippen LogP contribution in [0.3, 0.4) is 0 Å². The first kappa shape index (κ1) is 34.2. The third kappa shape index (κ3) is 4.95. The molecule has 0 unspecified atom stereocenters. The number of hydrogen-bond acceptors (Lipinski definition) is 0. The summed E-state index contributed by atoms with van der Waals surface area (Å²) < 4.78 is 0. The Morgan fingerprint density at radius 3 is 1.26 bits per heavy atom. The van der Waals surface area contributed by atoms with Crippen LogP contribution in [0, 0.1) is 0 Å². The average molecular weight is 739 g/mol. The van der Waals surface area contributed by atoms with Crippen molar-refractivity contribution in [2.24, 2.45) is 0 Å². The van der Waals surface area contributed by atoms with Crippen molar-refractivity contribution in [3.63, 3.8) is 0 Å². The fourth-order valence-electron chi connectivity index (χ4n) is 10.5. The van der Waals surface area contributed by atoms with Crippen LogP contribution < -0.4 is 0 Å². The molecule has 0 atom stereocenters. The summed E-state index contributed by atoms with van der Waals surface area (Å²) in [4.78, 5) is 0. The molecule has 1 aliphatic rings. The van der Waals surface area contributed by atoms with Crippen LogP contribution in [0.2, 0.25) is 0 Å². The summed E-state index contributed by atoms with van der Waals surface area (Å²) in [5.41, 5.74) is 14.9. The van der Waals surface area contributed by atoms with Crippen molar-refractivity contribution in [3.8, 4) is 33.4 Å². The number of rotatable bonds is 6. The monoisotopic (exact) mass is 738 g/mol. The van der Waals surface area contributed by atoms with E-state index in [1.165, 1.54) is 99.1 Å². The van der Waals surface area contributed by atoms with E-state index in [4.69, 9.17) is 0 Å². The summed E-state index contributed by atoms with van der Waals surface area (Å²) in [5.74, 6) is 0. The Kier molecular flexibility index (Phi) is 7.85. The van der Waals surface area contributed by atoms with Crippen molar-refractivity contribution in [1.29, 1.82) is 0 Å². The van der Waals surface area contributed by atoms with Gasteiger partial charge in [-0.05, 0) is 99.1 Å². The van der Waals surface area contributed by atoms with Crippen LogP contribution in [0.25, 0.3) is 65.7 Å². The number of fused-ring (bicyclic) bond motifs is 4. The van der Waals surface area contributed by atoms with Crippen LogP contribution in [-0.4, -0.2) is 0 Å². The van der Waals surface area contributed by atoms with E-state index >= 15 is 0 Å². The smallest absolute Gasteiger partial charge is 0.0622 e. The highest BCUT2D eigenvalue weighted by Crippen LogP contribution is 2.53. The van der Waals surface area contributed by atoms with E-state index in [9.17, 15) is 0 Å². The molecule has 274 valence electrons. The minimum atomic E-state index is -0.500. The van der Waals surface area contributed by atoms with Gasteiger partial charge in [-0.15, -0.1) is 0 Å². The topological polar surface area (TPSA) is 0 Å². The van der Waals surface area contributed by atoms with Crippen LogP contribution in [0.1, 0.15) is 47.2 Å². The Hall–Kier alpha value is -7.02. The van der Waals surface area contributed by atoms with E-state index in [0.29, 0.717) is 0 Å². The minimum Gasteiger partial charge on any atom is -0.0622 e. The van der Waals surface area contributed by atoms with E-state index in [1.54, 1.807) is 0 Å². The predicted molar refractivity (Wildman–Crippen MR) is 246 cm³/mol. The first-order valence-corrected chi connectivity index (χ1v) is 20.4. The molecule has 0 N–H and O–H groups in total. The molecule has 0 spiro atoms. The van der Waals surface area contributed by atoms with Crippen molar-refractivity contribution in [3.05, 3.63) is 252 Å². The van der Waals surface area contributed by atoms with E-state index in [1.807, 2.05) is 0 Å². The molecule has 10 aromatic rings. The van der Waals surface area contributed by atoms with Gasteiger partial charge in [-0.25, -0.2) is 0 Å². The molecule has 0 radical (unpaired) electrons. The molecule has 0 heterocycles. The second-order valence-corrected chi connectivity index (χ2v) is 16.3. The zero-order valence-corrected chi connectivity index (χ0v) is 32.8. The largest absolute Gasteiger partial charge is 0.0701 e. The first-order valence-electron chi connectivity index (χ1n) is 20.4. The third-order valence-electron chi connectivity index (χ3n) is 13.0. The van der Waals surface area contributed by atoms with Crippen LogP contribution in [0.15, 0.2) is 218 Å². The molecule has 0 fully saturated rings. The standard InChI is InChI=1S/C58H42/c1-57(2)52-31-17-16-25-44(52)50-37-38-51(49-30-18-32-53(57)56(49)50)55-47-28-14-12-26-45(47)54(46-27-13-15-29-48(46)55)39-33-35-43(36-34-39)58(40-19-6-3-7-20-40,41-21-8-4-9-22-41)42-23-10-5-11-24-42/h3-38H,1-2H3. The normalized spacial score (nSPS) is 13.1. The fraction of sp³-hybridized carbons (Fsp3) is 0.0690. The van der Waals surface area contributed by atoms with Crippen LogP contribution >= 0.6 is 0 Å². The molecule has 58 heavy (non-hydrogen) atoms. The molecule has 0 saturated heterocycles. The first-order chi connectivity index (χ1) is 28.6. The molecule has 0 saturated carbocycles. The molecule has 0 bridgehead atoms. The van der Waals surface area contributed by atoms with Crippen molar-refractivity contribution >= 4 is 32.3 Å². The molecule has 11 rings (SSSR count). The number of hydrogen-bond donors (Lipinski definition) is 0. The molecule has 0 nitrogen and oxygen atoms in total. The van der Waals surface area contributed by atoms with E-state index in [-0.39, 0.29) is 5.41 Å². The molecule has 10 aromatic carbocycles. The van der Waals surface area contributed by atoms with Gasteiger partial charge >= 0.3 is 0 Å². The maximum Gasteiger partial charge on any atom is 0.0701 e. The summed E-state index contributed by atoms with van der Waals surface area (Å²) in [7, 11) is 0. The molecule has 0 amide bonds. The zero-order chi connectivity index (χ0) is 38.8. The highest BCUT2D eigenvalue weighted by atomic mass is 14.4. The van der Waals surface area contributed by atoms with Gasteiger partial charge in [-0.1, -0.05) is 232 Å². The zero-order valence-electron chi connectivity index (χ0n) is 32.8. The van der Waals surface area contributed by atoms with Gasteiger partial charge in [0, 0.05) is 5.41 Å². The molecule has 1 aliphatic carbocycles. The van der Waals surface area contributed by atoms with Gasteiger partial charge in [-0.3, -0.25) is 0 Å². The van der Waals surface area contributed by atoms with Gasteiger partial charge in [0.2, 0.25) is 0 Å². The Bertz CT molecular complexity index is 3000. The summed E-state index contributed by atoms with van der Waals surface area (Å²) >= 11 is 0. The number of benzene rings is 10. The summed E-state index contributed by atoms with van der Waals surface area (Å²) in [6.07, 6.45) is 0. The van der Waals surface area contributed by atoms with E-state index in [2.05, 4.69) is 232 Å². The summed E-state index contributed by atoms with van der Waals surface area (Å²) in [5, 5.41) is 7.73. The maximum atomic E-state index is 2.38. The molecule has 0 aromatic heterocycles. The average Bonchev–Trinajstić information content (AvgIpc) is 3.29. The minimum absolute atomic E-state index is 0.110. The van der Waals surface area contributed by atoms with Crippen LogP contribution in [0.4, 0.5) is 0 Å². The highest BCUT2D eigenvalue weighted by molar-refractivity contribution is 6.24. The quantitative estimate of drug-likeness (QED) is 0.118. The SMILES string of the molecule is CC1(C)c2ccccc2-c2ccc(-c3c4ccccc4c(-c4ccc(C(c5ccccc5)(c5ccccc5)c5ccccc5)cc4)c4ccccc34)c3cccc1c23. The van der Waals surface area contributed by atoms with Gasteiger partial charge in [0.05, 0.1) is 5.41 Å². The lowest BCUT2D eigenvalue weighted by Gasteiger charge is -2.37. The van der Waals surface area contributed by atoms with E-state index in [0.717, 1.165) is 0 Å². The van der Waals surface area contributed by atoms with Crippen molar-refractivity contribution in [1.82, 2.24) is 0 Å². The Labute approximate surface area is 340 Å². The predicted octanol–water partition coefficient (Wildman–Crippen LogP) is 15.2. The highest BCUT2D eigenvalue weighted by Gasteiger charge is 2.38. The van der Waals surface area contributed by atoms with E-state index < -0.39 is 5.41 Å². The van der Waals surface area contributed by atoms with Gasteiger partial charge in [-0.2, -0.15) is 0 Å². The molecular formula is C58H42. The second kappa shape index (κ2) is 13.3. The van der Waals surface area contributed by atoms with Crippen molar-refractivity contribution in [2.45, 2.75) is 24.7 Å². The van der Waals surface area contributed by atoms with Crippen molar-refractivity contribution in [2.75, 3.05) is 0 Å². The van der Waals surface area contributed by atoms with Gasteiger partial charge in [0.15, 0.2) is 0 Å². The summed E-state index contributed by atoms with van der Waals surface area (Å²) in [6, 6.07) is 81.1. The molecule has 0 aliphatic heterocycles. The van der Waals surface area contributed by atoms with Crippen molar-refractivity contribution < 1.29 is 0 Å². The van der Waals surface area contributed by atoms with Crippen LogP contribution in [0.5, 0.6) is 0 Å². The fourth-order valence-corrected chi connectivity index (χ4v) is 10.5. The molecule has 0 heteroatoms. The Balaban J connectivity index is 1.15. The lowest BCUT2D eigenvalue weighted by atomic mass is 9.65. The summed E-state index contributed by atoms with van der Waals surface area (Å²) in [6.45, 7) is 4.76. The van der Waals surface area contributed by atoms with Crippen LogP contribution in [-0.2, 0) is 10.8 Å². The Morgan fingerprint density at radius 1 is 0.293 bits per heavy atom. The maximum absolute atomic E-state index is 2.38. The lowest BCUT2D eigenvalue weighted by molar-refractivity contribution is 0.645. The van der Waals surface area contributed by atoms with Gasteiger partial charge in [0.1, 0.15) is 0 Å². The lowest BCUT2D eigenvalue weighted by Crippen LogP contribution is -2.30. The van der Waals surface area contributed by atoms with Gasteiger partial charge in [0.25, 0.3) is 0 Å². The Morgan fingerprint density at radius 2 is 0.707 bits per heavy atom. The third-order valence-corrected chi connectivity index (χ3v) is 13.0. The molecular weight excluding hydrogens is 697 g/mol. The second-order valence-electron chi connectivity index (χ2n) is 16.3.